The van der Waals surface area contributed by atoms with Crippen molar-refractivity contribution in [1.29, 1.82) is 0 Å². The summed E-state index contributed by atoms with van der Waals surface area (Å²) in [5, 5.41) is 19.4. The highest BCUT2D eigenvalue weighted by atomic mass is 16.5. The van der Waals surface area contributed by atoms with Gasteiger partial charge in [0, 0.05) is 11.0 Å². The maximum atomic E-state index is 13.6. The molecular weight excluding hydrogens is 659 g/mol. The molecule has 0 spiro atoms. The number of allylic oxidation sites excluding steroid dienone is 2. The molecule has 0 saturated heterocycles. The first-order valence-corrected chi connectivity index (χ1v) is 20.1. The van der Waals surface area contributed by atoms with Gasteiger partial charge in [-0.05, 0) is 108 Å². The van der Waals surface area contributed by atoms with Gasteiger partial charge in [0.15, 0.2) is 0 Å². The Balaban J connectivity index is 1.19. The average Bonchev–Trinajstić information content (AvgIpc) is 3.44. The Morgan fingerprint density at radius 3 is 2.21 bits per heavy atom. The van der Waals surface area contributed by atoms with Crippen LogP contribution in [-0.2, 0) is 34.5 Å². The number of aliphatic carboxylic acids is 1. The molecule has 7 atom stereocenters. The number of nitrogens with one attached hydrogen (secondary N) is 1. The van der Waals surface area contributed by atoms with Gasteiger partial charge in [-0.25, -0.2) is 9.48 Å². The summed E-state index contributed by atoms with van der Waals surface area (Å²) in [6, 6.07) is 20.1. The number of hydrogen-bond acceptors (Lipinski definition) is 4. The molecule has 0 radical (unpaired) electrons. The van der Waals surface area contributed by atoms with E-state index >= 15 is 0 Å². The van der Waals surface area contributed by atoms with Gasteiger partial charge in [0.25, 0.3) is 0 Å². The highest BCUT2D eigenvalue weighted by Gasteiger charge is 2.69. The van der Waals surface area contributed by atoms with E-state index in [0.717, 1.165) is 86.0 Å². The summed E-state index contributed by atoms with van der Waals surface area (Å²) < 4.78 is 7.80. The van der Waals surface area contributed by atoms with E-state index in [4.69, 9.17) is 9.84 Å². The third kappa shape index (κ3) is 5.45. The number of amides is 1. The molecule has 5 aliphatic rings. The highest BCUT2D eigenvalue weighted by Crippen LogP contribution is 2.75. The van der Waals surface area contributed by atoms with Crippen molar-refractivity contribution in [3.05, 3.63) is 94.7 Å². The Hall–Kier alpha value is -3.87. The standard InChI is InChI=1S/C46H59N3O4/c1-41(2)22-24-46(39(50)51)25-23-44(6)33(34(46)27-41)18-19-36-43(5)26-32-37(42(3,4)35(43)20-21-45(36,44)7)48-49(28-30-14-10-8-11-15-30)38(32)47-40(52)53-29-31-16-12-9-13-17-31/h8-18,34-36H,19-29H2,1-7H3,(H,47,52)(H,50,51)/t34?,35?,36?,43-,44+,45+,46-/m0/s1. The number of anilines is 1. The van der Waals surface area contributed by atoms with E-state index in [1.807, 2.05) is 53.2 Å². The van der Waals surface area contributed by atoms with Crippen molar-refractivity contribution >= 4 is 17.9 Å². The van der Waals surface area contributed by atoms with E-state index in [1.165, 1.54) is 5.57 Å². The first-order valence-electron chi connectivity index (χ1n) is 20.1. The van der Waals surface area contributed by atoms with Crippen LogP contribution >= 0.6 is 0 Å². The van der Waals surface area contributed by atoms with Crippen LogP contribution in [0.5, 0.6) is 0 Å². The van der Waals surface area contributed by atoms with Crippen LogP contribution < -0.4 is 5.32 Å². The molecular formula is C46H59N3O4. The van der Waals surface area contributed by atoms with Crippen molar-refractivity contribution in [2.45, 2.75) is 125 Å². The van der Waals surface area contributed by atoms with Gasteiger partial charge in [-0.15, -0.1) is 0 Å². The zero-order chi connectivity index (χ0) is 37.6. The molecule has 2 aromatic carbocycles. The fourth-order valence-electron chi connectivity index (χ4n) is 13.0. The molecule has 2 N–H and O–H groups in total. The summed E-state index contributed by atoms with van der Waals surface area (Å²) in [5.41, 5.74) is 4.91. The van der Waals surface area contributed by atoms with E-state index in [-0.39, 0.29) is 39.6 Å². The van der Waals surface area contributed by atoms with Crippen molar-refractivity contribution in [2.24, 2.45) is 44.8 Å². The predicted octanol–water partition coefficient (Wildman–Crippen LogP) is 10.6. The van der Waals surface area contributed by atoms with Gasteiger partial charge in [0.05, 0.1) is 17.7 Å². The number of carbonyl (C=O) groups excluding carboxylic acids is 1. The molecule has 1 heterocycles. The zero-order valence-corrected chi connectivity index (χ0v) is 32.9. The molecule has 1 amide bonds. The van der Waals surface area contributed by atoms with Gasteiger partial charge >= 0.3 is 12.1 Å². The molecule has 7 nitrogen and oxygen atoms in total. The normalized spacial score (nSPS) is 34.9. The minimum atomic E-state index is -0.643. The Bertz CT molecular complexity index is 1950. The van der Waals surface area contributed by atoms with Gasteiger partial charge in [-0.3, -0.25) is 10.1 Å². The summed E-state index contributed by atoms with van der Waals surface area (Å²) >= 11 is 0. The minimum Gasteiger partial charge on any atom is -0.481 e. The molecule has 3 aromatic rings. The van der Waals surface area contributed by atoms with E-state index < -0.39 is 17.5 Å². The second-order valence-electron chi connectivity index (χ2n) is 19.6. The van der Waals surface area contributed by atoms with Crippen LogP contribution in [-0.4, -0.2) is 26.9 Å². The molecule has 5 aliphatic carbocycles. The lowest BCUT2D eigenvalue weighted by Crippen LogP contribution is -2.64. The topological polar surface area (TPSA) is 93.5 Å². The van der Waals surface area contributed by atoms with Crippen LogP contribution in [0.3, 0.4) is 0 Å². The average molecular weight is 718 g/mol. The SMILES string of the molecule is CC1(C)CC[C@]2(C(=O)O)CC[C@]3(C)C(=CCC4[C@@]5(C)Cc6c(nn(Cc7ccccc7)c6NC(=O)OCc6ccccc6)C(C)(C)C5CC[C@]43C)C2C1. The quantitative estimate of drug-likeness (QED) is 0.248. The monoisotopic (exact) mass is 717 g/mol. The lowest BCUT2D eigenvalue weighted by Gasteiger charge is -2.70. The van der Waals surface area contributed by atoms with Crippen LogP contribution in [0.2, 0.25) is 0 Å². The minimum absolute atomic E-state index is 0.0183. The van der Waals surface area contributed by atoms with Crippen LogP contribution in [0.1, 0.15) is 122 Å². The van der Waals surface area contributed by atoms with Crippen molar-refractivity contribution in [1.82, 2.24) is 9.78 Å². The maximum absolute atomic E-state index is 13.6. The maximum Gasteiger partial charge on any atom is 0.413 e. The largest absolute Gasteiger partial charge is 0.481 e. The molecule has 3 saturated carbocycles. The molecule has 3 fully saturated rings. The van der Waals surface area contributed by atoms with E-state index in [2.05, 4.69) is 72.0 Å². The highest BCUT2D eigenvalue weighted by molar-refractivity contribution is 5.85. The molecule has 8 rings (SSSR count). The van der Waals surface area contributed by atoms with Crippen molar-refractivity contribution in [3.63, 3.8) is 0 Å². The van der Waals surface area contributed by atoms with E-state index in [1.54, 1.807) is 0 Å². The number of nitrogens with zero attached hydrogens (tertiary/aromatic N) is 2. The van der Waals surface area contributed by atoms with Gasteiger partial charge < -0.3 is 9.84 Å². The van der Waals surface area contributed by atoms with E-state index in [0.29, 0.717) is 18.4 Å². The Morgan fingerprint density at radius 1 is 0.868 bits per heavy atom. The van der Waals surface area contributed by atoms with Crippen molar-refractivity contribution in [3.8, 4) is 0 Å². The fourth-order valence-corrected chi connectivity index (χ4v) is 13.0. The molecule has 1 aromatic heterocycles. The predicted molar refractivity (Wildman–Crippen MR) is 208 cm³/mol. The third-order valence-corrected chi connectivity index (χ3v) is 16.0. The summed E-state index contributed by atoms with van der Waals surface area (Å²) in [4.78, 5) is 26.7. The molecule has 282 valence electrons. The number of rotatable bonds is 6. The molecule has 0 aliphatic heterocycles. The van der Waals surface area contributed by atoms with Gasteiger partial charge in [0.2, 0.25) is 0 Å². The lowest BCUT2D eigenvalue weighted by molar-refractivity contribution is -0.177. The van der Waals surface area contributed by atoms with Crippen LogP contribution in [0, 0.1) is 44.8 Å². The first kappa shape index (κ1) is 36.1. The van der Waals surface area contributed by atoms with Gasteiger partial charge in [-0.2, -0.15) is 5.10 Å². The summed E-state index contributed by atoms with van der Waals surface area (Å²) in [6.45, 7) is 17.8. The Morgan fingerprint density at radius 2 is 1.53 bits per heavy atom. The van der Waals surface area contributed by atoms with Gasteiger partial charge in [-0.1, -0.05) is 121 Å². The smallest absolute Gasteiger partial charge is 0.413 e. The molecule has 53 heavy (non-hydrogen) atoms. The lowest BCUT2D eigenvalue weighted by atomic mass is 9.33. The first-order chi connectivity index (χ1) is 25.0. The van der Waals surface area contributed by atoms with Crippen LogP contribution in [0.4, 0.5) is 10.6 Å². The number of benzene rings is 2. The number of ether oxygens (including phenoxy) is 1. The molecule has 0 bridgehead atoms. The molecule has 3 unspecified atom stereocenters. The molecule has 7 heteroatoms. The Kier molecular flexibility index (Phi) is 8.40. The van der Waals surface area contributed by atoms with Crippen molar-refractivity contribution < 1.29 is 19.4 Å². The summed E-state index contributed by atoms with van der Waals surface area (Å²) in [7, 11) is 0. The van der Waals surface area contributed by atoms with Gasteiger partial charge in [0.1, 0.15) is 12.4 Å². The third-order valence-electron chi connectivity index (χ3n) is 16.0. The summed E-state index contributed by atoms with van der Waals surface area (Å²) in [5.74, 6) is 1.06. The second-order valence-corrected chi connectivity index (χ2v) is 19.6. The zero-order valence-electron chi connectivity index (χ0n) is 32.9. The van der Waals surface area contributed by atoms with Crippen molar-refractivity contribution in [2.75, 3.05) is 5.32 Å². The van der Waals surface area contributed by atoms with Crippen LogP contribution in [0.25, 0.3) is 0 Å². The summed E-state index contributed by atoms with van der Waals surface area (Å²) in [6.07, 6.45) is 10.5. The number of hydrogen-bond donors (Lipinski definition) is 2. The number of aromatic nitrogens is 2. The number of carbonyl (C=O) groups is 2. The Labute approximate surface area is 316 Å². The second kappa shape index (κ2) is 12.3. The number of fused-ring (bicyclic) bond motifs is 8. The van der Waals surface area contributed by atoms with Crippen LogP contribution in [0.15, 0.2) is 72.3 Å². The fraction of sp³-hybridized carbons (Fsp3) is 0.587. The number of carboxylic acids is 1. The van der Waals surface area contributed by atoms with E-state index in [9.17, 15) is 14.7 Å². The number of carboxylic acid groups (broad SMARTS) is 1.